The highest BCUT2D eigenvalue weighted by Gasteiger charge is 2.44. The molecule has 1 aromatic carbocycles. The van der Waals surface area contributed by atoms with Crippen LogP contribution in [0.4, 0.5) is 4.39 Å². The molecule has 7 heteroatoms. The smallest absolute Gasteiger partial charge is 0.193 e. The molecule has 1 aromatic rings. The molecule has 2 aliphatic heterocycles. The summed E-state index contributed by atoms with van der Waals surface area (Å²) in [6.45, 7) is 3.80. The molecule has 2 atom stereocenters. The molecule has 4 rings (SSSR count). The van der Waals surface area contributed by atoms with E-state index in [1.807, 2.05) is 7.05 Å². The van der Waals surface area contributed by atoms with Crippen LogP contribution in [0.5, 0.6) is 0 Å². The molecule has 2 unspecified atom stereocenters. The van der Waals surface area contributed by atoms with Crippen LogP contribution in [-0.2, 0) is 4.74 Å². The summed E-state index contributed by atoms with van der Waals surface area (Å²) in [5, 5.41) is 4.05. The summed E-state index contributed by atoms with van der Waals surface area (Å²) in [5.41, 5.74) is 1.02. The first kappa shape index (κ1) is 20.1. The van der Waals surface area contributed by atoms with Crippen molar-refractivity contribution in [1.29, 1.82) is 0 Å². The first-order chi connectivity index (χ1) is 12.1. The van der Waals surface area contributed by atoms with Crippen LogP contribution in [0.25, 0.3) is 0 Å². The van der Waals surface area contributed by atoms with Gasteiger partial charge in [0.15, 0.2) is 5.96 Å². The predicted octanol–water partition coefficient (Wildman–Crippen LogP) is 4.03. The number of nitrogens with zero attached hydrogens (tertiary/aromatic N) is 2. The lowest BCUT2D eigenvalue weighted by Crippen LogP contribution is -2.43. The minimum absolute atomic E-state index is 0. The number of hydrogen-bond acceptors (Lipinski definition) is 2. The van der Waals surface area contributed by atoms with Crippen molar-refractivity contribution in [3.63, 3.8) is 0 Å². The van der Waals surface area contributed by atoms with Gasteiger partial charge in [0.05, 0.1) is 0 Å². The summed E-state index contributed by atoms with van der Waals surface area (Å²) in [7, 11) is 1.82. The molecule has 0 amide bonds. The molecule has 144 valence electrons. The van der Waals surface area contributed by atoms with Crippen LogP contribution in [0.15, 0.2) is 23.2 Å². The number of likely N-dealkylation sites (tertiary alicyclic amines) is 1. The Bertz CT molecular complexity index is 660. The fourth-order valence-corrected chi connectivity index (χ4v) is 4.63. The lowest BCUT2D eigenvalue weighted by molar-refractivity contribution is 0.0217. The molecule has 1 saturated carbocycles. The fourth-order valence-electron chi connectivity index (χ4n) is 4.33. The van der Waals surface area contributed by atoms with E-state index in [4.69, 9.17) is 16.3 Å². The van der Waals surface area contributed by atoms with E-state index < -0.39 is 0 Å². The van der Waals surface area contributed by atoms with Crippen molar-refractivity contribution >= 4 is 41.5 Å². The molecule has 1 N–H and O–H groups in total. The SMILES string of the molecule is CN=C(NC1CC1c1c(F)cccc1Cl)N1CCC2(CCOCC2)C1.I. The molecule has 0 aromatic heterocycles. The first-order valence-corrected chi connectivity index (χ1v) is 9.50. The maximum Gasteiger partial charge on any atom is 0.193 e. The summed E-state index contributed by atoms with van der Waals surface area (Å²) < 4.78 is 19.6. The van der Waals surface area contributed by atoms with Crippen molar-refractivity contribution in [2.24, 2.45) is 10.4 Å². The van der Waals surface area contributed by atoms with E-state index in [1.54, 1.807) is 12.1 Å². The number of aliphatic imine (C=N–C) groups is 1. The number of nitrogens with one attached hydrogen (secondary N) is 1. The van der Waals surface area contributed by atoms with Gasteiger partial charge in [0.2, 0.25) is 0 Å². The van der Waals surface area contributed by atoms with E-state index >= 15 is 0 Å². The van der Waals surface area contributed by atoms with E-state index in [-0.39, 0.29) is 41.8 Å². The van der Waals surface area contributed by atoms with Crippen molar-refractivity contribution in [1.82, 2.24) is 10.2 Å². The van der Waals surface area contributed by atoms with Gasteiger partial charge in [-0.05, 0) is 43.2 Å². The molecule has 3 fully saturated rings. The van der Waals surface area contributed by atoms with Gasteiger partial charge >= 0.3 is 0 Å². The number of ether oxygens (including phenoxy) is 1. The highest BCUT2D eigenvalue weighted by molar-refractivity contribution is 14.0. The van der Waals surface area contributed by atoms with Crippen molar-refractivity contribution in [2.45, 2.75) is 37.6 Å². The molecular formula is C19H26ClFIN3O. The number of halogens is 3. The zero-order valence-electron chi connectivity index (χ0n) is 15.0. The van der Waals surface area contributed by atoms with Gasteiger partial charge in [-0.25, -0.2) is 4.39 Å². The largest absolute Gasteiger partial charge is 0.381 e. The standard InChI is InChI=1S/C19H25ClFN3O.HI/c1-22-18(24-8-5-19(12-24)6-9-25-10-7-19)23-16-11-13(16)17-14(20)3-2-4-15(17)21;/h2-4,13,16H,5-12H2,1H3,(H,22,23);1H. The number of hydrogen-bond donors (Lipinski definition) is 1. The third-order valence-electron chi connectivity index (χ3n) is 5.98. The van der Waals surface area contributed by atoms with Crippen molar-refractivity contribution < 1.29 is 9.13 Å². The summed E-state index contributed by atoms with van der Waals surface area (Å²) in [5.74, 6) is 0.854. The lowest BCUT2D eigenvalue weighted by atomic mass is 9.80. The Morgan fingerprint density at radius 2 is 2.12 bits per heavy atom. The molecule has 26 heavy (non-hydrogen) atoms. The number of guanidine groups is 1. The van der Waals surface area contributed by atoms with E-state index in [2.05, 4.69) is 15.2 Å². The van der Waals surface area contributed by atoms with E-state index in [0.29, 0.717) is 16.0 Å². The van der Waals surface area contributed by atoms with Crippen molar-refractivity contribution in [3.05, 3.63) is 34.6 Å². The van der Waals surface area contributed by atoms with E-state index in [0.717, 1.165) is 51.5 Å². The highest BCUT2D eigenvalue weighted by atomic mass is 127. The van der Waals surface area contributed by atoms with Gasteiger partial charge in [-0.15, -0.1) is 24.0 Å². The van der Waals surface area contributed by atoms with Gasteiger partial charge in [-0.1, -0.05) is 17.7 Å². The number of rotatable bonds is 2. The second-order valence-electron chi connectivity index (χ2n) is 7.56. The second kappa shape index (κ2) is 8.19. The van der Waals surface area contributed by atoms with Crippen LogP contribution >= 0.6 is 35.6 Å². The summed E-state index contributed by atoms with van der Waals surface area (Å²) >= 11 is 6.20. The third kappa shape index (κ3) is 3.97. The molecule has 2 saturated heterocycles. The Labute approximate surface area is 176 Å². The minimum Gasteiger partial charge on any atom is -0.381 e. The minimum atomic E-state index is -0.209. The van der Waals surface area contributed by atoms with E-state index in [1.165, 1.54) is 12.5 Å². The van der Waals surface area contributed by atoms with Crippen LogP contribution in [-0.4, -0.2) is 50.3 Å². The topological polar surface area (TPSA) is 36.9 Å². The van der Waals surface area contributed by atoms with Crippen molar-refractivity contribution in [2.75, 3.05) is 33.4 Å². The number of benzene rings is 1. The highest BCUT2D eigenvalue weighted by Crippen LogP contribution is 2.45. The molecule has 0 radical (unpaired) electrons. The Hall–Kier alpha value is -0.600. The molecule has 1 aliphatic carbocycles. The average molecular weight is 494 g/mol. The van der Waals surface area contributed by atoms with Crippen LogP contribution in [0.1, 0.15) is 37.2 Å². The fraction of sp³-hybridized carbons (Fsp3) is 0.632. The van der Waals surface area contributed by atoms with Crippen molar-refractivity contribution in [3.8, 4) is 0 Å². The maximum atomic E-state index is 14.1. The monoisotopic (exact) mass is 493 g/mol. The Kier molecular flexibility index (Phi) is 6.34. The van der Waals surface area contributed by atoms with Gasteiger partial charge < -0.3 is 15.0 Å². The molecular weight excluding hydrogens is 468 g/mol. The first-order valence-electron chi connectivity index (χ1n) is 9.12. The Morgan fingerprint density at radius 3 is 2.81 bits per heavy atom. The van der Waals surface area contributed by atoms with E-state index in [9.17, 15) is 4.39 Å². The molecule has 2 heterocycles. The summed E-state index contributed by atoms with van der Waals surface area (Å²) in [6, 6.07) is 5.11. The molecule has 1 spiro atoms. The summed E-state index contributed by atoms with van der Waals surface area (Å²) in [4.78, 5) is 6.83. The van der Waals surface area contributed by atoms with Gasteiger partial charge in [0, 0.05) is 55.9 Å². The average Bonchev–Trinajstić information content (AvgIpc) is 3.25. The quantitative estimate of drug-likeness (QED) is 0.384. The predicted molar refractivity (Wildman–Crippen MR) is 113 cm³/mol. The molecule has 4 nitrogen and oxygen atoms in total. The van der Waals surface area contributed by atoms with Gasteiger partial charge in [-0.2, -0.15) is 0 Å². The summed E-state index contributed by atoms with van der Waals surface area (Å²) in [6.07, 6.45) is 4.37. The normalized spacial score (nSPS) is 27.3. The van der Waals surface area contributed by atoms with Crippen LogP contribution < -0.4 is 5.32 Å². The van der Waals surface area contributed by atoms with Crippen LogP contribution in [0.3, 0.4) is 0 Å². The van der Waals surface area contributed by atoms with Gasteiger partial charge in [-0.3, -0.25) is 4.99 Å². The molecule has 0 bridgehead atoms. The Balaban J connectivity index is 0.00000196. The molecule has 3 aliphatic rings. The van der Waals surface area contributed by atoms with Crippen LogP contribution in [0.2, 0.25) is 5.02 Å². The lowest BCUT2D eigenvalue weighted by Gasteiger charge is -2.33. The van der Waals surface area contributed by atoms with Gasteiger partial charge in [0.1, 0.15) is 5.82 Å². The maximum absolute atomic E-state index is 14.1. The third-order valence-corrected chi connectivity index (χ3v) is 6.31. The second-order valence-corrected chi connectivity index (χ2v) is 7.97. The zero-order valence-corrected chi connectivity index (χ0v) is 18.1. The van der Waals surface area contributed by atoms with Gasteiger partial charge in [0.25, 0.3) is 0 Å². The Morgan fingerprint density at radius 1 is 1.35 bits per heavy atom. The zero-order chi connectivity index (χ0) is 17.4. The van der Waals surface area contributed by atoms with Crippen LogP contribution in [0, 0.1) is 11.2 Å².